The minimum atomic E-state index is -1.14. The Labute approximate surface area is 211 Å². The molecule has 7 heteroatoms. The van der Waals surface area contributed by atoms with Crippen LogP contribution in [-0.4, -0.2) is 64.5 Å². The number of amides is 2. The Morgan fingerprint density at radius 1 is 1.14 bits per heavy atom. The maximum atomic E-state index is 14.0. The number of carbonyl (C=O) groups excluding carboxylic acids is 2. The van der Waals surface area contributed by atoms with Gasteiger partial charge in [-0.25, -0.2) is 0 Å². The van der Waals surface area contributed by atoms with E-state index in [0.29, 0.717) is 37.6 Å². The van der Waals surface area contributed by atoms with Crippen molar-refractivity contribution in [3.8, 4) is 5.75 Å². The van der Waals surface area contributed by atoms with E-state index < -0.39 is 5.60 Å². The van der Waals surface area contributed by atoms with Gasteiger partial charge in [0.15, 0.2) is 5.60 Å². The Morgan fingerprint density at radius 3 is 2.72 bits per heavy atom. The fourth-order valence-electron chi connectivity index (χ4n) is 5.19. The van der Waals surface area contributed by atoms with Crippen molar-refractivity contribution in [1.29, 1.82) is 0 Å². The fourth-order valence-corrected chi connectivity index (χ4v) is 5.19. The van der Waals surface area contributed by atoms with E-state index in [4.69, 9.17) is 9.47 Å². The molecule has 1 aromatic heterocycles. The van der Waals surface area contributed by atoms with Crippen molar-refractivity contribution in [3.05, 3.63) is 95.8 Å². The van der Waals surface area contributed by atoms with E-state index in [2.05, 4.69) is 4.98 Å². The molecular formula is C29H31N3O4. The van der Waals surface area contributed by atoms with E-state index in [-0.39, 0.29) is 30.4 Å². The topological polar surface area (TPSA) is 72.0 Å². The minimum Gasteiger partial charge on any atom is -0.491 e. The normalized spacial score (nSPS) is 21.9. The molecule has 7 nitrogen and oxygen atoms in total. The predicted molar refractivity (Wildman–Crippen MR) is 136 cm³/mol. The molecule has 5 rings (SSSR count). The lowest BCUT2D eigenvalue weighted by atomic mass is 9.83. The lowest BCUT2D eigenvalue weighted by molar-refractivity contribution is -0.160. The highest BCUT2D eigenvalue weighted by molar-refractivity contribution is 5.96. The number of likely N-dealkylation sites (tertiary alicyclic amines) is 1. The zero-order chi connectivity index (χ0) is 25.1. The van der Waals surface area contributed by atoms with Crippen LogP contribution >= 0.6 is 0 Å². The summed E-state index contributed by atoms with van der Waals surface area (Å²) in [4.78, 5) is 35.3. The number of carbonyl (C=O) groups is 2. The Bertz CT molecular complexity index is 1220. The quantitative estimate of drug-likeness (QED) is 0.530. The van der Waals surface area contributed by atoms with E-state index in [0.717, 1.165) is 11.1 Å². The first-order valence-corrected chi connectivity index (χ1v) is 12.4. The monoisotopic (exact) mass is 485 g/mol. The summed E-state index contributed by atoms with van der Waals surface area (Å²) >= 11 is 0. The number of hydrogen-bond donors (Lipinski definition) is 0. The van der Waals surface area contributed by atoms with Gasteiger partial charge in [0.1, 0.15) is 5.75 Å². The van der Waals surface area contributed by atoms with Crippen LogP contribution in [0.25, 0.3) is 0 Å². The molecule has 2 unspecified atom stereocenters. The molecule has 2 aliphatic rings. The van der Waals surface area contributed by atoms with Gasteiger partial charge in [0, 0.05) is 43.5 Å². The summed E-state index contributed by atoms with van der Waals surface area (Å²) in [5.41, 5.74) is 1.39. The molecule has 2 atom stereocenters. The molecule has 2 saturated heterocycles. The first kappa shape index (κ1) is 24.0. The molecule has 186 valence electrons. The Morgan fingerprint density at radius 2 is 1.97 bits per heavy atom. The summed E-state index contributed by atoms with van der Waals surface area (Å²) in [6, 6.07) is 21.0. The highest BCUT2D eigenvalue weighted by atomic mass is 16.5. The van der Waals surface area contributed by atoms with Crippen molar-refractivity contribution in [2.75, 3.05) is 26.2 Å². The van der Waals surface area contributed by atoms with Crippen molar-refractivity contribution in [2.24, 2.45) is 0 Å². The molecule has 0 bridgehead atoms. The van der Waals surface area contributed by atoms with Crippen LogP contribution in [0.4, 0.5) is 0 Å². The maximum Gasteiger partial charge on any atom is 0.257 e. The first-order chi connectivity index (χ1) is 17.5. The maximum absolute atomic E-state index is 14.0. The van der Waals surface area contributed by atoms with Crippen molar-refractivity contribution in [2.45, 2.75) is 38.0 Å². The largest absolute Gasteiger partial charge is 0.491 e. The number of nitrogens with zero attached hydrogens (tertiary/aromatic N) is 3. The average molecular weight is 486 g/mol. The number of hydrogen-bond acceptors (Lipinski definition) is 5. The summed E-state index contributed by atoms with van der Waals surface area (Å²) in [5, 5.41) is 0. The summed E-state index contributed by atoms with van der Waals surface area (Å²) in [6.45, 7) is 5.78. The second-order valence-electron chi connectivity index (χ2n) is 9.67. The fraction of sp³-hybridized carbons (Fsp3) is 0.345. The number of aromatic nitrogens is 1. The van der Waals surface area contributed by atoms with Crippen molar-refractivity contribution in [3.63, 3.8) is 0 Å². The molecule has 1 spiro atoms. The summed E-state index contributed by atoms with van der Waals surface area (Å²) in [6.07, 6.45) is 3.51. The number of benzene rings is 2. The van der Waals surface area contributed by atoms with Crippen LogP contribution < -0.4 is 4.74 Å². The van der Waals surface area contributed by atoms with Gasteiger partial charge >= 0.3 is 0 Å². The van der Waals surface area contributed by atoms with Gasteiger partial charge in [-0.15, -0.1) is 0 Å². The van der Waals surface area contributed by atoms with E-state index in [1.54, 1.807) is 29.4 Å². The lowest BCUT2D eigenvalue weighted by Gasteiger charge is -2.42. The minimum absolute atomic E-state index is 0.00977. The predicted octanol–water partition coefficient (Wildman–Crippen LogP) is 3.91. The molecule has 2 aliphatic heterocycles. The standard InChI is InChI=1S/C29H31N3O4/c1-21(2)36-25-12-6-11-24(16-25)27(33)31-14-15-35-29(20-31)26(23-9-4-3-5-10-23)19-32(28(29)34)18-22-8-7-13-30-17-22/h3-13,16-17,21,26H,14-15,18-20H2,1-2H3. The van der Waals surface area contributed by atoms with Crippen LogP contribution in [0.3, 0.4) is 0 Å². The number of ether oxygens (including phenoxy) is 2. The number of rotatable bonds is 6. The Kier molecular flexibility index (Phi) is 6.74. The van der Waals surface area contributed by atoms with Gasteiger partial charge in [-0.1, -0.05) is 42.5 Å². The molecule has 3 aromatic rings. The summed E-state index contributed by atoms with van der Waals surface area (Å²) in [5.74, 6) is 0.237. The molecule has 2 fully saturated rings. The van der Waals surface area contributed by atoms with E-state index >= 15 is 0 Å². The zero-order valence-corrected chi connectivity index (χ0v) is 20.7. The number of morpholine rings is 1. The summed E-state index contributed by atoms with van der Waals surface area (Å²) < 4.78 is 12.1. The van der Waals surface area contributed by atoms with Crippen LogP contribution in [-0.2, 0) is 16.1 Å². The smallest absolute Gasteiger partial charge is 0.257 e. The van der Waals surface area contributed by atoms with Crippen molar-refractivity contribution < 1.29 is 19.1 Å². The van der Waals surface area contributed by atoms with E-state index in [1.807, 2.05) is 73.3 Å². The second-order valence-corrected chi connectivity index (χ2v) is 9.67. The van der Waals surface area contributed by atoms with Gasteiger partial charge < -0.3 is 19.3 Å². The number of pyridine rings is 1. The van der Waals surface area contributed by atoms with Gasteiger partial charge in [-0.2, -0.15) is 0 Å². The highest BCUT2D eigenvalue weighted by Gasteiger charge is 2.58. The molecule has 0 radical (unpaired) electrons. The average Bonchev–Trinajstić information content (AvgIpc) is 3.15. The third-order valence-electron chi connectivity index (χ3n) is 6.80. The molecular weight excluding hydrogens is 454 g/mol. The SMILES string of the molecule is CC(C)Oc1cccc(C(=O)N2CCOC3(C2)C(=O)N(Cc2cccnc2)CC3c2ccccc2)c1. The molecule has 2 aromatic carbocycles. The highest BCUT2D eigenvalue weighted by Crippen LogP contribution is 2.42. The van der Waals surface area contributed by atoms with Gasteiger partial charge in [-0.05, 0) is 49.2 Å². The Hall–Kier alpha value is -3.71. The molecule has 36 heavy (non-hydrogen) atoms. The van der Waals surface area contributed by atoms with Crippen LogP contribution in [0.2, 0.25) is 0 Å². The molecule has 3 heterocycles. The molecule has 0 N–H and O–H groups in total. The van der Waals surface area contributed by atoms with Gasteiger partial charge in [0.05, 0.1) is 19.3 Å². The van der Waals surface area contributed by atoms with Crippen LogP contribution in [0.1, 0.15) is 41.3 Å². The first-order valence-electron chi connectivity index (χ1n) is 12.4. The third-order valence-corrected chi connectivity index (χ3v) is 6.80. The lowest BCUT2D eigenvalue weighted by Crippen LogP contribution is -2.59. The molecule has 0 saturated carbocycles. The van der Waals surface area contributed by atoms with Gasteiger partial charge in [-0.3, -0.25) is 14.6 Å². The molecule has 0 aliphatic carbocycles. The van der Waals surface area contributed by atoms with Gasteiger partial charge in [0.2, 0.25) is 0 Å². The van der Waals surface area contributed by atoms with E-state index in [9.17, 15) is 9.59 Å². The second kappa shape index (κ2) is 10.1. The van der Waals surface area contributed by atoms with Crippen LogP contribution in [0, 0.1) is 0 Å². The van der Waals surface area contributed by atoms with Crippen LogP contribution in [0.5, 0.6) is 5.75 Å². The van der Waals surface area contributed by atoms with Crippen LogP contribution in [0.15, 0.2) is 79.1 Å². The van der Waals surface area contributed by atoms with E-state index in [1.165, 1.54) is 0 Å². The van der Waals surface area contributed by atoms with Gasteiger partial charge in [0.25, 0.3) is 11.8 Å². The summed E-state index contributed by atoms with van der Waals surface area (Å²) in [7, 11) is 0. The Balaban J connectivity index is 1.44. The zero-order valence-electron chi connectivity index (χ0n) is 20.7. The third kappa shape index (κ3) is 4.71. The van der Waals surface area contributed by atoms with Crippen molar-refractivity contribution >= 4 is 11.8 Å². The van der Waals surface area contributed by atoms with Crippen molar-refractivity contribution in [1.82, 2.24) is 14.8 Å². The molecule has 2 amide bonds.